The van der Waals surface area contributed by atoms with Gasteiger partial charge in [0.2, 0.25) is 5.91 Å². The number of fused-ring (bicyclic) bond motifs is 1. The van der Waals surface area contributed by atoms with Gasteiger partial charge in [-0.2, -0.15) is 5.10 Å². The Hall–Kier alpha value is -3.97. The molecule has 1 amide bonds. The van der Waals surface area contributed by atoms with Crippen LogP contribution in [0.5, 0.6) is 0 Å². The summed E-state index contributed by atoms with van der Waals surface area (Å²) >= 11 is 0. The van der Waals surface area contributed by atoms with Crippen LogP contribution in [0, 0.1) is 5.82 Å². The molecule has 6 nitrogen and oxygen atoms in total. The highest BCUT2D eigenvalue weighted by atomic mass is 19.1. The Morgan fingerprint density at radius 2 is 1.94 bits per heavy atom. The molecule has 0 aliphatic heterocycles. The molecule has 1 aromatic heterocycles. The van der Waals surface area contributed by atoms with Crippen LogP contribution in [0.2, 0.25) is 0 Å². The molecule has 0 aliphatic rings. The van der Waals surface area contributed by atoms with Crippen LogP contribution in [0.15, 0.2) is 79.4 Å². The van der Waals surface area contributed by atoms with Gasteiger partial charge in [0.1, 0.15) is 11.6 Å². The molecule has 3 aromatic carbocycles. The second-order valence-corrected chi connectivity index (χ2v) is 8.69. The molecule has 0 spiro atoms. The molecule has 0 aliphatic carbocycles. The third-order valence-electron chi connectivity index (χ3n) is 5.74. The number of aryl methyl sites for hydroxylation is 1. The summed E-state index contributed by atoms with van der Waals surface area (Å²) in [5.74, 6) is 0.420. The van der Waals surface area contributed by atoms with Crippen LogP contribution in [-0.2, 0) is 17.9 Å². The fraction of sp³-hybridized carbons (Fsp3) is 0.214. The van der Waals surface area contributed by atoms with E-state index in [1.165, 1.54) is 12.1 Å². The molecule has 2 N–H and O–H groups in total. The van der Waals surface area contributed by atoms with Gasteiger partial charge < -0.3 is 15.5 Å². The van der Waals surface area contributed by atoms with Crippen LogP contribution in [0.25, 0.3) is 22.0 Å². The van der Waals surface area contributed by atoms with Gasteiger partial charge in [-0.3, -0.25) is 4.79 Å². The summed E-state index contributed by atoms with van der Waals surface area (Å²) in [6.45, 7) is 5.75. The van der Waals surface area contributed by atoms with E-state index in [0.717, 1.165) is 47.4 Å². The number of carbonyl (C=O) groups is 1. The van der Waals surface area contributed by atoms with Crippen molar-refractivity contribution in [2.75, 3.05) is 31.3 Å². The largest absolute Gasteiger partial charge is 0.366 e. The molecule has 4 aromatic rings. The lowest BCUT2D eigenvalue weighted by molar-refractivity contribution is -0.111. The van der Waals surface area contributed by atoms with Crippen molar-refractivity contribution in [1.82, 2.24) is 14.7 Å². The highest BCUT2D eigenvalue weighted by Crippen LogP contribution is 2.30. The highest BCUT2D eigenvalue weighted by Gasteiger charge is 2.14. The summed E-state index contributed by atoms with van der Waals surface area (Å²) in [4.78, 5) is 13.8. The van der Waals surface area contributed by atoms with E-state index in [9.17, 15) is 9.18 Å². The molecule has 0 radical (unpaired) electrons. The summed E-state index contributed by atoms with van der Waals surface area (Å²) in [5, 5.41) is 12.2. The number of hydrogen-bond donors (Lipinski definition) is 2. The number of benzene rings is 3. The van der Waals surface area contributed by atoms with Crippen LogP contribution < -0.4 is 10.6 Å². The minimum Gasteiger partial charge on any atom is -0.366 e. The standard InChI is InChI=1S/C28H30FN5O/c1-4-27(35)31-22-10-7-9-20(17-22)19-30-28-24-14-13-21(23-11-5-6-12-25(23)29)18-26(24)32-34(28)16-8-15-33(2)3/h4-7,9-14,17-18,30H,1,8,15-16,19H2,2-3H3,(H,31,35). The number of halogens is 1. The highest BCUT2D eigenvalue weighted by molar-refractivity contribution is 5.99. The van der Waals surface area contributed by atoms with Gasteiger partial charge in [0.25, 0.3) is 0 Å². The maximum absolute atomic E-state index is 14.4. The van der Waals surface area contributed by atoms with Crippen LogP contribution in [-0.4, -0.2) is 41.2 Å². The zero-order valence-corrected chi connectivity index (χ0v) is 20.1. The zero-order valence-electron chi connectivity index (χ0n) is 20.1. The molecule has 0 unspecified atom stereocenters. The number of rotatable bonds is 10. The van der Waals surface area contributed by atoms with Crippen molar-refractivity contribution in [3.63, 3.8) is 0 Å². The molecule has 0 atom stereocenters. The van der Waals surface area contributed by atoms with Gasteiger partial charge in [-0.1, -0.05) is 43.0 Å². The maximum Gasteiger partial charge on any atom is 0.247 e. The van der Waals surface area contributed by atoms with Crippen LogP contribution in [0.1, 0.15) is 12.0 Å². The third kappa shape index (κ3) is 5.94. The Morgan fingerprint density at radius 1 is 1.11 bits per heavy atom. The summed E-state index contributed by atoms with van der Waals surface area (Å²) in [6.07, 6.45) is 2.19. The fourth-order valence-corrected chi connectivity index (χ4v) is 4.02. The lowest BCUT2D eigenvalue weighted by Crippen LogP contribution is -2.16. The topological polar surface area (TPSA) is 62.2 Å². The van der Waals surface area contributed by atoms with Crippen molar-refractivity contribution in [3.8, 4) is 11.1 Å². The molecule has 1 heterocycles. The molecule has 7 heteroatoms. The van der Waals surface area contributed by atoms with Crippen molar-refractivity contribution in [3.05, 3.63) is 90.8 Å². The van der Waals surface area contributed by atoms with Crippen molar-refractivity contribution < 1.29 is 9.18 Å². The molecular weight excluding hydrogens is 441 g/mol. The number of hydrogen-bond acceptors (Lipinski definition) is 4. The quantitative estimate of drug-likeness (QED) is 0.299. The number of aromatic nitrogens is 2. The van der Waals surface area contributed by atoms with Crippen molar-refractivity contribution in [2.24, 2.45) is 0 Å². The minimum atomic E-state index is -0.251. The average molecular weight is 472 g/mol. The zero-order chi connectivity index (χ0) is 24.8. The predicted octanol–water partition coefficient (Wildman–Crippen LogP) is 5.53. The van der Waals surface area contributed by atoms with Crippen LogP contribution >= 0.6 is 0 Å². The minimum absolute atomic E-state index is 0.245. The van der Waals surface area contributed by atoms with E-state index in [2.05, 4.69) is 36.2 Å². The number of carbonyl (C=O) groups excluding carboxylic acids is 1. The van der Waals surface area contributed by atoms with Crippen molar-refractivity contribution in [2.45, 2.75) is 19.5 Å². The van der Waals surface area contributed by atoms with Gasteiger partial charge in [-0.25, -0.2) is 9.07 Å². The van der Waals surface area contributed by atoms with E-state index >= 15 is 0 Å². The van der Waals surface area contributed by atoms with Gasteiger partial charge in [0.05, 0.1) is 5.52 Å². The van der Waals surface area contributed by atoms with Gasteiger partial charge in [0.15, 0.2) is 0 Å². The van der Waals surface area contributed by atoms with E-state index in [4.69, 9.17) is 5.10 Å². The second-order valence-electron chi connectivity index (χ2n) is 8.69. The average Bonchev–Trinajstić information content (AvgIpc) is 3.19. The smallest absolute Gasteiger partial charge is 0.247 e. The summed E-state index contributed by atoms with van der Waals surface area (Å²) < 4.78 is 16.4. The molecule has 35 heavy (non-hydrogen) atoms. The van der Waals surface area contributed by atoms with Crippen molar-refractivity contribution in [1.29, 1.82) is 0 Å². The van der Waals surface area contributed by atoms with Gasteiger partial charge >= 0.3 is 0 Å². The lowest BCUT2D eigenvalue weighted by atomic mass is 10.0. The summed E-state index contributed by atoms with van der Waals surface area (Å²) in [7, 11) is 4.11. The Morgan fingerprint density at radius 3 is 2.71 bits per heavy atom. The van der Waals surface area contributed by atoms with E-state index in [1.807, 2.05) is 53.2 Å². The Balaban J connectivity index is 1.63. The molecule has 4 rings (SSSR count). The normalized spacial score (nSPS) is 11.1. The number of nitrogens with one attached hydrogen (secondary N) is 2. The van der Waals surface area contributed by atoms with E-state index in [1.54, 1.807) is 12.1 Å². The Bertz CT molecular complexity index is 1340. The maximum atomic E-state index is 14.4. The first kappa shape index (κ1) is 24.2. The number of nitrogens with zero attached hydrogens (tertiary/aromatic N) is 3. The number of amides is 1. The molecule has 0 saturated carbocycles. The van der Waals surface area contributed by atoms with Crippen molar-refractivity contribution >= 4 is 28.3 Å². The predicted molar refractivity (Wildman–Crippen MR) is 141 cm³/mol. The van der Waals surface area contributed by atoms with E-state index in [-0.39, 0.29) is 11.7 Å². The first-order valence-electron chi connectivity index (χ1n) is 11.6. The van der Waals surface area contributed by atoms with Crippen LogP contribution in [0.4, 0.5) is 15.9 Å². The van der Waals surface area contributed by atoms with E-state index < -0.39 is 0 Å². The van der Waals surface area contributed by atoms with E-state index in [0.29, 0.717) is 17.8 Å². The molecule has 180 valence electrons. The number of anilines is 2. The Labute approximate surface area is 205 Å². The first-order valence-corrected chi connectivity index (χ1v) is 11.6. The van der Waals surface area contributed by atoms with Gasteiger partial charge in [-0.15, -0.1) is 0 Å². The molecule has 0 bridgehead atoms. The third-order valence-corrected chi connectivity index (χ3v) is 5.74. The summed E-state index contributed by atoms with van der Waals surface area (Å²) in [5.41, 5.74) is 3.90. The van der Waals surface area contributed by atoms with Gasteiger partial charge in [0, 0.05) is 29.7 Å². The van der Waals surface area contributed by atoms with Gasteiger partial charge in [-0.05, 0) is 74.6 Å². The second kappa shape index (κ2) is 11.0. The summed E-state index contributed by atoms with van der Waals surface area (Å²) in [6, 6.07) is 20.3. The SMILES string of the molecule is C=CC(=O)Nc1cccc(CNc2c3ccc(-c4ccccc4F)cc3nn2CCCN(C)C)c1. The molecule has 0 saturated heterocycles. The van der Waals surface area contributed by atoms with Crippen LogP contribution in [0.3, 0.4) is 0 Å². The lowest BCUT2D eigenvalue weighted by Gasteiger charge is -2.13. The fourth-order valence-electron chi connectivity index (χ4n) is 4.02. The first-order chi connectivity index (χ1) is 16.9. The molecular formula is C28H30FN5O. The molecule has 0 fully saturated rings. The monoisotopic (exact) mass is 471 g/mol. The Kier molecular flexibility index (Phi) is 7.57.